The number of nitrogens with zero attached hydrogens (tertiary/aromatic N) is 4. The summed E-state index contributed by atoms with van der Waals surface area (Å²) < 4.78 is 2.91. The van der Waals surface area contributed by atoms with Crippen LogP contribution in [0, 0.1) is 0 Å². The van der Waals surface area contributed by atoms with Gasteiger partial charge in [-0.1, -0.05) is 0 Å². The molecule has 0 saturated heterocycles. The topological polar surface area (TPSA) is 102 Å². The summed E-state index contributed by atoms with van der Waals surface area (Å²) in [4.78, 5) is 22.8. The molecule has 0 fully saturated rings. The molecule has 0 radical (unpaired) electrons. The van der Waals surface area contributed by atoms with Crippen LogP contribution in [-0.2, 0) is 11.3 Å². The van der Waals surface area contributed by atoms with Crippen LogP contribution in [0.25, 0.3) is 0 Å². The number of hydrogen-bond donors (Lipinski definition) is 2. The highest BCUT2D eigenvalue weighted by atomic mass is 16.4. The highest BCUT2D eigenvalue weighted by molar-refractivity contribution is 6.02. The summed E-state index contributed by atoms with van der Waals surface area (Å²) in [6, 6.07) is 0.651. The zero-order valence-electron chi connectivity index (χ0n) is 11.1. The first-order valence-electron chi connectivity index (χ1n) is 6.13. The molecule has 1 unspecified atom stereocenters. The van der Waals surface area contributed by atoms with Gasteiger partial charge >= 0.3 is 5.97 Å². The Hall–Kier alpha value is -2.64. The molecule has 2 aromatic heterocycles. The van der Waals surface area contributed by atoms with Crippen LogP contribution in [0.15, 0.2) is 24.7 Å². The fourth-order valence-corrected chi connectivity index (χ4v) is 1.58. The molecule has 0 bridgehead atoms. The molecular formula is C12H15N5O3. The second-order valence-corrected chi connectivity index (χ2v) is 4.23. The molecule has 20 heavy (non-hydrogen) atoms. The van der Waals surface area contributed by atoms with Crippen molar-refractivity contribution < 1.29 is 14.7 Å². The maximum Gasteiger partial charge on any atom is 0.328 e. The van der Waals surface area contributed by atoms with Gasteiger partial charge in [0.05, 0.1) is 11.9 Å². The van der Waals surface area contributed by atoms with Gasteiger partial charge in [-0.3, -0.25) is 14.2 Å². The third kappa shape index (κ3) is 2.85. The lowest BCUT2D eigenvalue weighted by molar-refractivity contribution is -0.140. The number of hydrogen-bond acceptors (Lipinski definition) is 4. The number of rotatable bonds is 5. The SMILES string of the molecule is CCn1cc(NC(=O)c2ccn(C(C)C(=O)O)n2)cn1. The average molecular weight is 277 g/mol. The molecule has 8 nitrogen and oxygen atoms in total. The molecule has 0 saturated carbocycles. The van der Waals surface area contributed by atoms with Crippen molar-refractivity contribution in [3.8, 4) is 0 Å². The minimum absolute atomic E-state index is 0.155. The molecule has 0 spiro atoms. The average Bonchev–Trinajstić information content (AvgIpc) is 3.06. The van der Waals surface area contributed by atoms with Crippen molar-refractivity contribution >= 4 is 17.6 Å². The lowest BCUT2D eigenvalue weighted by Crippen LogP contribution is -2.18. The number of carbonyl (C=O) groups is 2. The van der Waals surface area contributed by atoms with Crippen molar-refractivity contribution in [2.45, 2.75) is 26.4 Å². The molecule has 2 heterocycles. The third-order valence-corrected chi connectivity index (χ3v) is 2.81. The van der Waals surface area contributed by atoms with E-state index in [2.05, 4.69) is 15.5 Å². The van der Waals surface area contributed by atoms with E-state index in [1.165, 1.54) is 30.1 Å². The Morgan fingerprint density at radius 3 is 2.85 bits per heavy atom. The van der Waals surface area contributed by atoms with Crippen LogP contribution in [0.5, 0.6) is 0 Å². The largest absolute Gasteiger partial charge is 0.480 e. The second kappa shape index (κ2) is 5.55. The smallest absolute Gasteiger partial charge is 0.328 e. The molecule has 2 aromatic rings. The van der Waals surface area contributed by atoms with E-state index < -0.39 is 17.9 Å². The molecule has 2 rings (SSSR count). The first-order valence-corrected chi connectivity index (χ1v) is 6.13. The number of carboxylic acid groups (broad SMARTS) is 1. The molecule has 1 atom stereocenters. The van der Waals surface area contributed by atoms with Crippen LogP contribution in [0.3, 0.4) is 0 Å². The van der Waals surface area contributed by atoms with Crippen molar-refractivity contribution in [3.05, 3.63) is 30.4 Å². The van der Waals surface area contributed by atoms with E-state index >= 15 is 0 Å². The van der Waals surface area contributed by atoms with Crippen molar-refractivity contribution in [1.29, 1.82) is 0 Å². The summed E-state index contributed by atoms with van der Waals surface area (Å²) in [5.41, 5.74) is 0.722. The number of anilines is 1. The van der Waals surface area contributed by atoms with Gasteiger partial charge in [0.2, 0.25) is 0 Å². The first-order chi connectivity index (χ1) is 9.51. The van der Waals surface area contributed by atoms with Crippen molar-refractivity contribution in [2.24, 2.45) is 0 Å². The fraction of sp³-hybridized carbons (Fsp3) is 0.333. The zero-order valence-corrected chi connectivity index (χ0v) is 11.1. The quantitative estimate of drug-likeness (QED) is 0.848. The molecule has 2 N–H and O–H groups in total. The van der Waals surface area contributed by atoms with E-state index in [4.69, 9.17) is 5.11 Å². The van der Waals surface area contributed by atoms with Crippen LogP contribution in [0.4, 0.5) is 5.69 Å². The number of amides is 1. The van der Waals surface area contributed by atoms with Crippen molar-refractivity contribution in [3.63, 3.8) is 0 Å². The van der Waals surface area contributed by atoms with Gasteiger partial charge in [-0.05, 0) is 19.9 Å². The molecule has 0 aromatic carbocycles. The van der Waals surface area contributed by atoms with Crippen molar-refractivity contribution in [2.75, 3.05) is 5.32 Å². The third-order valence-electron chi connectivity index (χ3n) is 2.81. The predicted molar refractivity (Wildman–Crippen MR) is 70.4 cm³/mol. The second-order valence-electron chi connectivity index (χ2n) is 4.23. The Bertz CT molecular complexity index is 631. The van der Waals surface area contributed by atoms with Crippen LogP contribution >= 0.6 is 0 Å². The number of carbonyl (C=O) groups excluding carboxylic acids is 1. The standard InChI is InChI=1S/C12H15N5O3/c1-3-16-7-9(6-13-16)14-11(18)10-4-5-17(15-10)8(2)12(19)20/h4-8H,3H2,1-2H3,(H,14,18)(H,19,20). The molecule has 0 aliphatic heterocycles. The molecule has 106 valence electrons. The first kappa shape index (κ1) is 13.8. The Morgan fingerprint density at radius 2 is 2.25 bits per heavy atom. The van der Waals surface area contributed by atoms with E-state index in [1.807, 2.05) is 6.92 Å². The summed E-state index contributed by atoms with van der Waals surface area (Å²) >= 11 is 0. The summed E-state index contributed by atoms with van der Waals surface area (Å²) in [6.07, 6.45) is 4.70. The molecular weight excluding hydrogens is 262 g/mol. The number of carboxylic acids is 1. The monoisotopic (exact) mass is 277 g/mol. The Balaban J connectivity index is 2.08. The van der Waals surface area contributed by atoms with Gasteiger partial charge in [-0.25, -0.2) is 4.79 Å². The minimum atomic E-state index is -1.01. The molecule has 0 aliphatic rings. The van der Waals surface area contributed by atoms with Gasteiger partial charge in [0.1, 0.15) is 6.04 Å². The zero-order chi connectivity index (χ0) is 14.7. The van der Waals surface area contributed by atoms with Crippen LogP contribution in [0.1, 0.15) is 30.4 Å². The number of nitrogens with one attached hydrogen (secondary N) is 1. The van der Waals surface area contributed by atoms with Crippen LogP contribution in [-0.4, -0.2) is 36.5 Å². The summed E-state index contributed by atoms with van der Waals surface area (Å²) in [7, 11) is 0. The van der Waals surface area contributed by atoms with Crippen LogP contribution < -0.4 is 5.32 Å². The number of aromatic nitrogens is 4. The molecule has 1 amide bonds. The van der Waals surface area contributed by atoms with E-state index in [0.29, 0.717) is 12.2 Å². The van der Waals surface area contributed by atoms with E-state index in [-0.39, 0.29) is 5.69 Å². The normalized spacial score (nSPS) is 12.1. The van der Waals surface area contributed by atoms with Gasteiger partial charge in [0.25, 0.3) is 5.91 Å². The van der Waals surface area contributed by atoms with Crippen LogP contribution in [0.2, 0.25) is 0 Å². The fourth-order valence-electron chi connectivity index (χ4n) is 1.58. The molecule has 8 heteroatoms. The maximum atomic E-state index is 11.9. The van der Waals surface area contributed by atoms with Gasteiger partial charge in [-0.15, -0.1) is 0 Å². The summed E-state index contributed by atoms with van der Waals surface area (Å²) in [5, 5.41) is 19.5. The lowest BCUT2D eigenvalue weighted by Gasteiger charge is -2.05. The van der Waals surface area contributed by atoms with Gasteiger partial charge in [-0.2, -0.15) is 10.2 Å². The summed E-state index contributed by atoms with van der Waals surface area (Å²) in [6.45, 7) is 4.14. The molecule has 0 aliphatic carbocycles. The summed E-state index contributed by atoms with van der Waals surface area (Å²) in [5.74, 6) is -1.42. The van der Waals surface area contributed by atoms with E-state index in [1.54, 1.807) is 10.9 Å². The lowest BCUT2D eigenvalue weighted by atomic mass is 10.3. The number of aryl methyl sites for hydroxylation is 1. The van der Waals surface area contributed by atoms with Gasteiger partial charge in [0.15, 0.2) is 5.69 Å². The highest BCUT2D eigenvalue weighted by Crippen LogP contribution is 2.09. The number of aliphatic carboxylic acids is 1. The van der Waals surface area contributed by atoms with Gasteiger partial charge < -0.3 is 10.4 Å². The maximum absolute atomic E-state index is 11.9. The van der Waals surface area contributed by atoms with E-state index in [9.17, 15) is 9.59 Å². The van der Waals surface area contributed by atoms with E-state index in [0.717, 1.165) is 0 Å². The van der Waals surface area contributed by atoms with Crippen molar-refractivity contribution in [1.82, 2.24) is 19.6 Å². The Kier molecular flexibility index (Phi) is 3.83. The Morgan fingerprint density at radius 1 is 1.50 bits per heavy atom. The predicted octanol–water partition coefficient (Wildman–Crippen LogP) is 0.997. The minimum Gasteiger partial charge on any atom is -0.480 e. The Labute approximate surface area is 115 Å². The van der Waals surface area contributed by atoms with Gasteiger partial charge in [0, 0.05) is 18.9 Å². The highest BCUT2D eigenvalue weighted by Gasteiger charge is 2.17.